The first-order valence-corrected chi connectivity index (χ1v) is 9.48. The molecule has 2 heteroatoms. The minimum absolute atomic E-state index is 0.748. The molecule has 1 rings (SSSR count). The lowest BCUT2D eigenvalue weighted by atomic mass is 10.1. The van der Waals surface area contributed by atoms with Crippen LogP contribution in [0.15, 0.2) is 29.2 Å². The summed E-state index contributed by atoms with van der Waals surface area (Å²) >= 11 is 1.91. The molecule has 0 amide bonds. The lowest BCUT2D eigenvalue weighted by molar-refractivity contribution is 0.563. The van der Waals surface area contributed by atoms with Gasteiger partial charge in [-0.25, -0.2) is 0 Å². The van der Waals surface area contributed by atoms with E-state index in [4.69, 9.17) is 5.26 Å². The second-order valence-corrected chi connectivity index (χ2v) is 6.83. The summed E-state index contributed by atoms with van der Waals surface area (Å²) in [5.74, 6) is 1.20. The maximum atomic E-state index is 8.75. The fourth-order valence-electron chi connectivity index (χ4n) is 2.41. The predicted molar refractivity (Wildman–Crippen MR) is 93.7 cm³/mol. The summed E-state index contributed by atoms with van der Waals surface area (Å²) in [5.41, 5.74) is 0.748. The summed E-state index contributed by atoms with van der Waals surface area (Å²) in [7, 11) is 0. The van der Waals surface area contributed by atoms with E-state index in [1.54, 1.807) is 0 Å². The number of hydrogen-bond donors (Lipinski definition) is 0. The second kappa shape index (κ2) is 12.8. The van der Waals surface area contributed by atoms with Crippen LogP contribution in [0.4, 0.5) is 0 Å². The van der Waals surface area contributed by atoms with E-state index in [0.717, 1.165) is 5.56 Å². The standard InChI is InChI=1S/C19H29NS/c1-2-3-4-5-6-7-8-9-10-11-16-21-19-14-12-18(17-20)13-15-19/h12-15H,2-11,16H2,1H3. The van der Waals surface area contributed by atoms with Crippen LogP contribution in [-0.2, 0) is 0 Å². The topological polar surface area (TPSA) is 23.8 Å². The van der Waals surface area contributed by atoms with Gasteiger partial charge in [0.15, 0.2) is 0 Å². The molecule has 21 heavy (non-hydrogen) atoms. The number of nitrogens with zero attached hydrogens (tertiary/aromatic N) is 1. The minimum atomic E-state index is 0.748. The van der Waals surface area contributed by atoms with Gasteiger partial charge >= 0.3 is 0 Å². The van der Waals surface area contributed by atoms with Crippen molar-refractivity contribution in [1.29, 1.82) is 5.26 Å². The predicted octanol–water partition coefficient (Wildman–Crippen LogP) is 6.57. The van der Waals surface area contributed by atoms with E-state index in [9.17, 15) is 0 Å². The van der Waals surface area contributed by atoms with Gasteiger partial charge in [-0.3, -0.25) is 0 Å². The fraction of sp³-hybridized carbons (Fsp3) is 0.632. The van der Waals surface area contributed by atoms with Crippen LogP contribution in [0.3, 0.4) is 0 Å². The van der Waals surface area contributed by atoms with Crippen molar-refractivity contribution in [1.82, 2.24) is 0 Å². The molecule has 0 spiro atoms. The van der Waals surface area contributed by atoms with E-state index >= 15 is 0 Å². The molecule has 0 unspecified atom stereocenters. The number of rotatable bonds is 12. The molecular formula is C19H29NS. The van der Waals surface area contributed by atoms with Crippen molar-refractivity contribution in [3.8, 4) is 6.07 Å². The monoisotopic (exact) mass is 303 g/mol. The van der Waals surface area contributed by atoms with Crippen LogP contribution in [0.2, 0.25) is 0 Å². The van der Waals surface area contributed by atoms with Crippen molar-refractivity contribution in [3.05, 3.63) is 29.8 Å². The molecule has 0 atom stereocenters. The van der Waals surface area contributed by atoms with Gasteiger partial charge in [-0.1, -0.05) is 64.7 Å². The Bertz CT molecular complexity index is 391. The Kier molecular flexibility index (Phi) is 11.0. The number of hydrogen-bond acceptors (Lipinski definition) is 2. The molecule has 116 valence electrons. The Hall–Kier alpha value is -0.940. The lowest BCUT2D eigenvalue weighted by Gasteiger charge is -2.03. The average molecular weight is 304 g/mol. The third-order valence-electron chi connectivity index (χ3n) is 3.75. The van der Waals surface area contributed by atoms with E-state index < -0.39 is 0 Å². The van der Waals surface area contributed by atoms with Crippen LogP contribution in [-0.4, -0.2) is 5.75 Å². The van der Waals surface area contributed by atoms with Crippen molar-refractivity contribution >= 4 is 11.8 Å². The quantitative estimate of drug-likeness (QED) is 0.322. The largest absolute Gasteiger partial charge is 0.192 e. The van der Waals surface area contributed by atoms with E-state index in [1.807, 2.05) is 23.9 Å². The molecule has 0 aliphatic rings. The normalized spacial score (nSPS) is 10.5. The Morgan fingerprint density at radius 2 is 1.33 bits per heavy atom. The zero-order chi connectivity index (χ0) is 15.2. The highest BCUT2D eigenvalue weighted by atomic mass is 32.2. The van der Waals surface area contributed by atoms with Crippen LogP contribution in [0.25, 0.3) is 0 Å². The molecule has 0 aliphatic heterocycles. The zero-order valence-electron chi connectivity index (χ0n) is 13.4. The van der Waals surface area contributed by atoms with E-state index in [-0.39, 0.29) is 0 Å². The summed E-state index contributed by atoms with van der Waals surface area (Å²) < 4.78 is 0. The molecule has 0 N–H and O–H groups in total. The highest BCUT2D eigenvalue weighted by Gasteiger charge is 1.96. The third kappa shape index (κ3) is 9.58. The SMILES string of the molecule is CCCCCCCCCCCCSc1ccc(C#N)cc1. The summed E-state index contributed by atoms with van der Waals surface area (Å²) in [4.78, 5) is 1.28. The van der Waals surface area contributed by atoms with Crippen LogP contribution in [0, 0.1) is 11.3 Å². The molecule has 1 aromatic rings. The second-order valence-electron chi connectivity index (χ2n) is 5.67. The summed E-state index contributed by atoms with van der Waals surface area (Å²) in [6, 6.07) is 10.1. The van der Waals surface area contributed by atoms with Gasteiger partial charge in [0.1, 0.15) is 0 Å². The lowest BCUT2D eigenvalue weighted by Crippen LogP contribution is -1.84. The van der Waals surface area contributed by atoms with Gasteiger partial charge in [0, 0.05) is 4.90 Å². The van der Waals surface area contributed by atoms with Crippen LogP contribution >= 0.6 is 11.8 Å². The summed E-state index contributed by atoms with van der Waals surface area (Å²) in [6.45, 7) is 2.27. The third-order valence-corrected chi connectivity index (χ3v) is 4.85. The van der Waals surface area contributed by atoms with Crippen LogP contribution in [0.5, 0.6) is 0 Å². The van der Waals surface area contributed by atoms with Crippen molar-refractivity contribution in [3.63, 3.8) is 0 Å². The Labute approximate surface area is 135 Å². The van der Waals surface area contributed by atoms with Crippen LogP contribution < -0.4 is 0 Å². The van der Waals surface area contributed by atoms with Gasteiger partial charge in [0.2, 0.25) is 0 Å². The highest BCUT2D eigenvalue weighted by Crippen LogP contribution is 2.20. The molecule has 0 aliphatic carbocycles. The molecule has 0 saturated heterocycles. The maximum Gasteiger partial charge on any atom is 0.0991 e. The molecule has 0 radical (unpaired) electrons. The smallest absolute Gasteiger partial charge is 0.0991 e. The zero-order valence-corrected chi connectivity index (χ0v) is 14.3. The Balaban J connectivity index is 1.89. The number of benzene rings is 1. The molecule has 1 aromatic carbocycles. The van der Waals surface area contributed by atoms with Crippen molar-refractivity contribution in [2.45, 2.75) is 76.0 Å². The van der Waals surface area contributed by atoms with E-state index in [0.29, 0.717) is 0 Å². The number of thioether (sulfide) groups is 1. The fourth-order valence-corrected chi connectivity index (χ4v) is 3.32. The first-order chi connectivity index (χ1) is 10.4. The number of unbranched alkanes of at least 4 members (excludes halogenated alkanes) is 9. The first-order valence-electron chi connectivity index (χ1n) is 8.49. The van der Waals surface area contributed by atoms with Gasteiger partial charge in [0.25, 0.3) is 0 Å². The van der Waals surface area contributed by atoms with E-state index in [2.05, 4.69) is 25.1 Å². The van der Waals surface area contributed by atoms with Gasteiger partial charge in [-0.05, 0) is 36.4 Å². The highest BCUT2D eigenvalue weighted by molar-refractivity contribution is 7.99. The molecule has 0 saturated carbocycles. The maximum absolute atomic E-state index is 8.75. The Morgan fingerprint density at radius 1 is 0.810 bits per heavy atom. The Morgan fingerprint density at radius 3 is 1.86 bits per heavy atom. The van der Waals surface area contributed by atoms with Gasteiger partial charge < -0.3 is 0 Å². The molecule has 1 nitrogen and oxygen atoms in total. The summed E-state index contributed by atoms with van der Waals surface area (Å²) in [6.07, 6.45) is 13.9. The minimum Gasteiger partial charge on any atom is -0.192 e. The molecule has 0 heterocycles. The first kappa shape index (κ1) is 18.1. The van der Waals surface area contributed by atoms with Gasteiger partial charge in [-0.2, -0.15) is 5.26 Å². The van der Waals surface area contributed by atoms with Crippen LogP contribution in [0.1, 0.15) is 76.7 Å². The summed E-state index contributed by atoms with van der Waals surface area (Å²) in [5, 5.41) is 8.75. The van der Waals surface area contributed by atoms with Gasteiger partial charge in [-0.15, -0.1) is 11.8 Å². The molecule has 0 aromatic heterocycles. The molecule has 0 bridgehead atoms. The molecule has 0 fully saturated rings. The van der Waals surface area contributed by atoms with E-state index in [1.165, 1.54) is 74.9 Å². The number of nitriles is 1. The van der Waals surface area contributed by atoms with Crippen molar-refractivity contribution in [2.24, 2.45) is 0 Å². The van der Waals surface area contributed by atoms with Gasteiger partial charge in [0.05, 0.1) is 11.6 Å². The van der Waals surface area contributed by atoms with Crippen molar-refractivity contribution in [2.75, 3.05) is 5.75 Å². The average Bonchev–Trinajstić information content (AvgIpc) is 2.53. The molecular weight excluding hydrogens is 274 g/mol. The van der Waals surface area contributed by atoms with Crippen molar-refractivity contribution < 1.29 is 0 Å².